The molecule has 3 atom stereocenters. The third-order valence-corrected chi connectivity index (χ3v) is 6.30. The first-order valence-corrected chi connectivity index (χ1v) is 10.1. The summed E-state index contributed by atoms with van der Waals surface area (Å²) in [7, 11) is 0. The summed E-state index contributed by atoms with van der Waals surface area (Å²) in [6.45, 7) is 6.53. The highest BCUT2D eigenvalue weighted by atomic mass is 32.2. The third-order valence-electron chi connectivity index (χ3n) is 5.36. The molecule has 1 aliphatic carbocycles. The highest BCUT2D eigenvalue weighted by molar-refractivity contribution is 7.99. The number of nitrogens with zero attached hydrogens (tertiary/aromatic N) is 3. The minimum atomic E-state index is 0.0286. The Morgan fingerprint density at radius 2 is 2.00 bits per heavy atom. The van der Waals surface area contributed by atoms with Gasteiger partial charge in [-0.3, -0.25) is 4.79 Å². The van der Waals surface area contributed by atoms with Crippen molar-refractivity contribution in [1.29, 1.82) is 0 Å². The smallest absolute Gasteiger partial charge is 0.230 e. The van der Waals surface area contributed by atoms with Crippen LogP contribution in [0, 0.1) is 18.8 Å². The van der Waals surface area contributed by atoms with Gasteiger partial charge < -0.3 is 11.2 Å². The van der Waals surface area contributed by atoms with E-state index >= 15 is 0 Å². The molecular weight excluding hydrogens is 346 g/mol. The van der Waals surface area contributed by atoms with Crippen molar-refractivity contribution in [3.63, 3.8) is 0 Å². The molecule has 2 aromatic rings. The fourth-order valence-electron chi connectivity index (χ4n) is 3.44. The maximum Gasteiger partial charge on any atom is 0.230 e. The molecule has 1 aromatic heterocycles. The van der Waals surface area contributed by atoms with Crippen molar-refractivity contribution in [3.8, 4) is 11.4 Å². The van der Waals surface area contributed by atoms with E-state index < -0.39 is 0 Å². The summed E-state index contributed by atoms with van der Waals surface area (Å²) in [5, 5.41) is 12.0. The van der Waals surface area contributed by atoms with E-state index in [-0.39, 0.29) is 11.9 Å². The molecule has 1 amide bonds. The second kappa shape index (κ2) is 8.12. The molecule has 1 aliphatic rings. The minimum Gasteiger partial charge on any atom is -0.352 e. The second-order valence-corrected chi connectivity index (χ2v) is 8.21. The molecule has 0 saturated heterocycles. The van der Waals surface area contributed by atoms with Gasteiger partial charge in [-0.2, -0.15) is 0 Å². The van der Waals surface area contributed by atoms with Crippen molar-refractivity contribution in [2.45, 2.75) is 51.2 Å². The van der Waals surface area contributed by atoms with Crippen LogP contribution in [0.5, 0.6) is 0 Å². The lowest BCUT2D eigenvalue weighted by atomic mass is 9.78. The fourth-order valence-corrected chi connectivity index (χ4v) is 4.11. The number of benzene rings is 1. The SMILES string of the molecule is Cc1ccc(-c2nnc(SCC(=O)NC3CCCC(C)C3C)n2N)cc1. The van der Waals surface area contributed by atoms with Gasteiger partial charge in [-0.15, -0.1) is 10.2 Å². The first-order chi connectivity index (χ1) is 12.5. The standard InChI is InChI=1S/C19H27N5OS/c1-12-7-9-15(10-8-12)18-22-23-19(24(18)20)26-11-17(25)21-16-6-4-5-13(2)14(16)3/h7-10,13-14,16H,4-6,11,20H2,1-3H3,(H,21,25). The van der Waals surface area contributed by atoms with E-state index in [1.54, 1.807) is 0 Å². The van der Waals surface area contributed by atoms with Gasteiger partial charge in [-0.1, -0.05) is 68.3 Å². The van der Waals surface area contributed by atoms with Crippen LogP contribution in [0.2, 0.25) is 0 Å². The average molecular weight is 374 g/mol. The maximum absolute atomic E-state index is 12.3. The predicted octanol–water partition coefficient (Wildman–Crippen LogP) is 3.00. The summed E-state index contributed by atoms with van der Waals surface area (Å²) in [6, 6.07) is 8.23. The van der Waals surface area contributed by atoms with Crippen LogP contribution >= 0.6 is 11.8 Å². The first-order valence-electron chi connectivity index (χ1n) is 9.15. The minimum absolute atomic E-state index is 0.0286. The van der Waals surface area contributed by atoms with Crippen LogP contribution in [-0.2, 0) is 4.79 Å². The summed E-state index contributed by atoms with van der Waals surface area (Å²) >= 11 is 1.32. The van der Waals surface area contributed by atoms with E-state index in [1.807, 2.05) is 31.2 Å². The fraction of sp³-hybridized carbons (Fsp3) is 0.526. The number of nitrogens with two attached hydrogens (primary N) is 1. The molecule has 7 heteroatoms. The van der Waals surface area contributed by atoms with Gasteiger partial charge in [0.05, 0.1) is 5.75 Å². The molecule has 3 unspecified atom stereocenters. The van der Waals surface area contributed by atoms with E-state index in [1.165, 1.54) is 34.8 Å². The topological polar surface area (TPSA) is 85.8 Å². The van der Waals surface area contributed by atoms with Gasteiger partial charge in [0.25, 0.3) is 0 Å². The predicted molar refractivity (Wildman–Crippen MR) is 105 cm³/mol. The number of hydrogen-bond acceptors (Lipinski definition) is 5. The van der Waals surface area contributed by atoms with Crippen molar-refractivity contribution in [1.82, 2.24) is 20.2 Å². The van der Waals surface area contributed by atoms with Crippen LogP contribution in [0.1, 0.15) is 38.7 Å². The quantitative estimate of drug-likeness (QED) is 0.621. The van der Waals surface area contributed by atoms with E-state index in [0.717, 1.165) is 12.0 Å². The number of nitrogen functional groups attached to an aromatic ring is 1. The average Bonchev–Trinajstić information content (AvgIpc) is 2.99. The van der Waals surface area contributed by atoms with Gasteiger partial charge in [0.2, 0.25) is 11.1 Å². The van der Waals surface area contributed by atoms with Crippen molar-refractivity contribution in [2.75, 3.05) is 11.6 Å². The molecule has 0 aliphatic heterocycles. The summed E-state index contributed by atoms with van der Waals surface area (Å²) in [6.07, 6.45) is 3.49. The van der Waals surface area contributed by atoms with Gasteiger partial charge in [-0.05, 0) is 25.2 Å². The number of hydrogen-bond donors (Lipinski definition) is 2. The Morgan fingerprint density at radius 3 is 2.73 bits per heavy atom. The Labute approximate surface area is 158 Å². The zero-order valence-electron chi connectivity index (χ0n) is 15.6. The summed E-state index contributed by atoms with van der Waals surface area (Å²) in [5.74, 6) is 8.22. The molecule has 0 spiro atoms. The van der Waals surface area contributed by atoms with E-state index in [0.29, 0.717) is 28.6 Å². The molecule has 1 heterocycles. The van der Waals surface area contributed by atoms with Crippen molar-refractivity contribution in [3.05, 3.63) is 29.8 Å². The summed E-state index contributed by atoms with van der Waals surface area (Å²) in [5.41, 5.74) is 2.08. The molecule has 1 fully saturated rings. The number of amides is 1. The van der Waals surface area contributed by atoms with Gasteiger partial charge in [0.1, 0.15) is 0 Å². The number of carbonyl (C=O) groups is 1. The molecule has 1 saturated carbocycles. The molecule has 26 heavy (non-hydrogen) atoms. The zero-order chi connectivity index (χ0) is 18.7. The Hall–Kier alpha value is -2.02. The van der Waals surface area contributed by atoms with Crippen LogP contribution in [-0.4, -0.2) is 32.6 Å². The van der Waals surface area contributed by atoms with Crippen LogP contribution in [0.4, 0.5) is 0 Å². The monoisotopic (exact) mass is 373 g/mol. The number of thioether (sulfide) groups is 1. The number of aromatic nitrogens is 3. The second-order valence-electron chi connectivity index (χ2n) is 7.27. The highest BCUT2D eigenvalue weighted by Crippen LogP contribution is 2.29. The molecule has 3 N–H and O–H groups in total. The van der Waals surface area contributed by atoms with Gasteiger partial charge in [-0.25, -0.2) is 4.68 Å². The molecule has 3 rings (SSSR count). The zero-order valence-corrected chi connectivity index (χ0v) is 16.4. The Kier molecular flexibility index (Phi) is 5.86. The number of rotatable bonds is 5. The van der Waals surface area contributed by atoms with Gasteiger partial charge in [0.15, 0.2) is 5.82 Å². The normalized spacial score (nSPS) is 23.0. The number of aryl methyl sites for hydroxylation is 1. The van der Waals surface area contributed by atoms with Crippen LogP contribution in [0.25, 0.3) is 11.4 Å². The molecule has 0 bridgehead atoms. The molecule has 6 nitrogen and oxygen atoms in total. The maximum atomic E-state index is 12.3. The molecule has 140 valence electrons. The Bertz CT molecular complexity index is 758. The number of carbonyl (C=O) groups excluding carboxylic acids is 1. The van der Waals surface area contributed by atoms with Gasteiger partial charge >= 0.3 is 0 Å². The lowest BCUT2D eigenvalue weighted by Crippen LogP contribution is -2.44. The van der Waals surface area contributed by atoms with E-state index in [2.05, 4.69) is 29.4 Å². The first kappa shape index (κ1) is 18.8. The lowest BCUT2D eigenvalue weighted by Gasteiger charge is -2.34. The van der Waals surface area contributed by atoms with E-state index in [4.69, 9.17) is 5.84 Å². The molecule has 0 radical (unpaired) electrons. The molecular formula is C19H27N5OS. The van der Waals surface area contributed by atoms with E-state index in [9.17, 15) is 4.79 Å². The highest BCUT2D eigenvalue weighted by Gasteiger charge is 2.28. The van der Waals surface area contributed by atoms with Crippen LogP contribution in [0.3, 0.4) is 0 Å². The van der Waals surface area contributed by atoms with Crippen LogP contribution in [0.15, 0.2) is 29.4 Å². The largest absolute Gasteiger partial charge is 0.352 e. The third kappa shape index (κ3) is 4.20. The lowest BCUT2D eigenvalue weighted by molar-refractivity contribution is -0.120. The van der Waals surface area contributed by atoms with Crippen molar-refractivity contribution < 1.29 is 4.79 Å². The van der Waals surface area contributed by atoms with Gasteiger partial charge in [0, 0.05) is 11.6 Å². The molecule has 1 aromatic carbocycles. The Balaban J connectivity index is 1.58. The summed E-state index contributed by atoms with van der Waals surface area (Å²) in [4.78, 5) is 12.3. The number of nitrogens with one attached hydrogen (secondary N) is 1. The van der Waals surface area contributed by atoms with Crippen molar-refractivity contribution >= 4 is 17.7 Å². The van der Waals surface area contributed by atoms with Crippen LogP contribution < -0.4 is 11.2 Å². The summed E-state index contributed by atoms with van der Waals surface area (Å²) < 4.78 is 1.45. The van der Waals surface area contributed by atoms with Crippen molar-refractivity contribution in [2.24, 2.45) is 11.8 Å². The Morgan fingerprint density at radius 1 is 1.27 bits per heavy atom.